The molecule has 20 heavy (non-hydrogen) atoms. The predicted octanol–water partition coefficient (Wildman–Crippen LogP) is 3.53. The Morgan fingerprint density at radius 3 is 2.65 bits per heavy atom. The molecule has 4 heteroatoms. The first kappa shape index (κ1) is 13.6. The third-order valence-corrected chi connectivity index (χ3v) is 4.61. The Morgan fingerprint density at radius 1 is 1.35 bits per heavy atom. The predicted molar refractivity (Wildman–Crippen MR) is 79.3 cm³/mol. The van der Waals surface area contributed by atoms with Crippen LogP contribution in [0.4, 0.5) is 4.39 Å². The number of fused-ring (bicyclic) bond motifs is 1. The van der Waals surface area contributed by atoms with E-state index in [2.05, 4.69) is 23.4 Å². The first-order chi connectivity index (χ1) is 9.59. The third kappa shape index (κ3) is 1.85. The summed E-state index contributed by atoms with van der Waals surface area (Å²) < 4.78 is 16.2. The Labute approximate surface area is 119 Å². The van der Waals surface area contributed by atoms with E-state index < -0.39 is 0 Å². The molecule has 2 aromatic rings. The molecule has 1 aromatic carbocycles. The van der Waals surface area contributed by atoms with E-state index in [1.54, 1.807) is 6.07 Å². The highest BCUT2D eigenvalue weighted by Crippen LogP contribution is 2.42. The van der Waals surface area contributed by atoms with Crippen molar-refractivity contribution in [1.29, 1.82) is 0 Å². The molecule has 1 saturated carbocycles. The summed E-state index contributed by atoms with van der Waals surface area (Å²) in [6, 6.07) is 5.44. The van der Waals surface area contributed by atoms with E-state index in [4.69, 9.17) is 5.73 Å². The second-order valence-electron chi connectivity index (χ2n) is 6.20. The number of halogens is 1. The highest BCUT2D eigenvalue weighted by molar-refractivity contribution is 5.77. The van der Waals surface area contributed by atoms with Crippen molar-refractivity contribution < 1.29 is 4.39 Å². The van der Waals surface area contributed by atoms with Crippen LogP contribution in [0.1, 0.15) is 51.4 Å². The van der Waals surface area contributed by atoms with Crippen LogP contribution in [0.2, 0.25) is 0 Å². The van der Waals surface area contributed by atoms with Gasteiger partial charge in [-0.05, 0) is 38.8 Å². The fourth-order valence-electron chi connectivity index (χ4n) is 3.55. The maximum absolute atomic E-state index is 14.1. The molecule has 2 N–H and O–H groups in total. The molecule has 0 bridgehead atoms. The Hall–Kier alpha value is -1.42. The minimum Gasteiger partial charge on any atom is -0.329 e. The van der Waals surface area contributed by atoms with Gasteiger partial charge in [0.05, 0.1) is 5.52 Å². The second kappa shape index (κ2) is 4.85. The van der Waals surface area contributed by atoms with Gasteiger partial charge in [0.1, 0.15) is 11.3 Å². The summed E-state index contributed by atoms with van der Waals surface area (Å²) in [6.45, 7) is 4.83. The Balaban J connectivity index is 2.29. The molecule has 1 aliphatic carbocycles. The molecule has 0 amide bonds. The van der Waals surface area contributed by atoms with Gasteiger partial charge in [0, 0.05) is 18.0 Å². The topological polar surface area (TPSA) is 43.8 Å². The van der Waals surface area contributed by atoms with Gasteiger partial charge >= 0.3 is 0 Å². The molecule has 1 fully saturated rings. The average molecular weight is 275 g/mol. The van der Waals surface area contributed by atoms with Crippen molar-refractivity contribution in [3.8, 4) is 0 Å². The first-order valence-electron chi connectivity index (χ1n) is 7.46. The number of nitrogens with two attached hydrogens (primary N) is 1. The summed E-state index contributed by atoms with van der Waals surface area (Å²) in [7, 11) is 0. The summed E-state index contributed by atoms with van der Waals surface area (Å²) in [5, 5.41) is 0. The summed E-state index contributed by atoms with van der Waals surface area (Å²) in [5.74, 6) is 0.737. The average Bonchev–Trinajstić information content (AvgIpc) is 3.04. The van der Waals surface area contributed by atoms with Crippen LogP contribution in [0, 0.1) is 5.82 Å². The fourth-order valence-corrected chi connectivity index (χ4v) is 3.55. The standard InChI is InChI=1S/C16H22FN3/c1-11(2)20-13-7-5-6-12(17)14(13)19-15(20)16(10-18)8-3-4-9-16/h5-7,11H,3-4,8-10,18H2,1-2H3. The third-order valence-electron chi connectivity index (χ3n) is 4.61. The van der Waals surface area contributed by atoms with Gasteiger partial charge in [-0.3, -0.25) is 0 Å². The number of nitrogens with zero attached hydrogens (tertiary/aromatic N) is 2. The number of benzene rings is 1. The van der Waals surface area contributed by atoms with Crippen molar-refractivity contribution in [1.82, 2.24) is 9.55 Å². The maximum Gasteiger partial charge on any atom is 0.151 e. The molecule has 3 rings (SSSR count). The second-order valence-corrected chi connectivity index (χ2v) is 6.20. The van der Waals surface area contributed by atoms with Gasteiger partial charge < -0.3 is 10.3 Å². The van der Waals surface area contributed by atoms with E-state index in [1.807, 2.05) is 6.07 Å². The quantitative estimate of drug-likeness (QED) is 0.931. The van der Waals surface area contributed by atoms with Crippen LogP contribution < -0.4 is 5.73 Å². The molecule has 0 saturated heterocycles. The lowest BCUT2D eigenvalue weighted by Gasteiger charge is -2.29. The Bertz CT molecular complexity index is 624. The number of hydrogen-bond acceptors (Lipinski definition) is 2. The lowest BCUT2D eigenvalue weighted by atomic mass is 9.85. The van der Waals surface area contributed by atoms with E-state index in [0.717, 1.165) is 24.2 Å². The molecular formula is C16H22FN3. The smallest absolute Gasteiger partial charge is 0.151 e. The molecule has 0 atom stereocenters. The molecule has 0 spiro atoms. The van der Waals surface area contributed by atoms with E-state index in [-0.39, 0.29) is 17.3 Å². The van der Waals surface area contributed by atoms with Crippen molar-refractivity contribution in [2.24, 2.45) is 5.73 Å². The van der Waals surface area contributed by atoms with Gasteiger partial charge in [0.15, 0.2) is 5.82 Å². The number of para-hydroxylation sites is 1. The van der Waals surface area contributed by atoms with E-state index in [9.17, 15) is 4.39 Å². The maximum atomic E-state index is 14.1. The molecule has 0 unspecified atom stereocenters. The number of aromatic nitrogens is 2. The van der Waals surface area contributed by atoms with Crippen molar-refractivity contribution in [2.75, 3.05) is 6.54 Å². The van der Waals surface area contributed by atoms with Gasteiger partial charge in [-0.1, -0.05) is 18.9 Å². The molecule has 0 aliphatic heterocycles. The highest BCUT2D eigenvalue weighted by atomic mass is 19.1. The molecule has 1 aromatic heterocycles. The molecule has 1 aliphatic rings. The minimum atomic E-state index is -0.242. The molecule has 0 radical (unpaired) electrons. The zero-order valence-corrected chi connectivity index (χ0v) is 12.2. The molecular weight excluding hydrogens is 253 g/mol. The molecule has 108 valence electrons. The monoisotopic (exact) mass is 275 g/mol. The van der Waals surface area contributed by atoms with E-state index in [0.29, 0.717) is 12.1 Å². The van der Waals surface area contributed by atoms with Crippen molar-refractivity contribution in [3.63, 3.8) is 0 Å². The minimum absolute atomic E-state index is 0.0737. The Morgan fingerprint density at radius 2 is 2.05 bits per heavy atom. The van der Waals surface area contributed by atoms with Crippen molar-refractivity contribution in [3.05, 3.63) is 29.8 Å². The number of rotatable bonds is 3. The summed E-state index contributed by atoms with van der Waals surface area (Å²) in [4.78, 5) is 4.67. The van der Waals surface area contributed by atoms with Crippen LogP contribution in [0.5, 0.6) is 0 Å². The van der Waals surface area contributed by atoms with Gasteiger partial charge in [-0.25, -0.2) is 9.37 Å². The molecule has 3 nitrogen and oxygen atoms in total. The van der Waals surface area contributed by atoms with Crippen LogP contribution in [-0.4, -0.2) is 16.1 Å². The fraction of sp³-hybridized carbons (Fsp3) is 0.562. The van der Waals surface area contributed by atoms with Gasteiger partial charge in [-0.15, -0.1) is 0 Å². The van der Waals surface area contributed by atoms with Crippen LogP contribution in [0.15, 0.2) is 18.2 Å². The number of hydrogen-bond donors (Lipinski definition) is 1. The lowest BCUT2D eigenvalue weighted by Crippen LogP contribution is -2.35. The van der Waals surface area contributed by atoms with Crippen LogP contribution in [0.3, 0.4) is 0 Å². The van der Waals surface area contributed by atoms with Gasteiger partial charge in [0.25, 0.3) is 0 Å². The largest absolute Gasteiger partial charge is 0.329 e. The zero-order valence-electron chi connectivity index (χ0n) is 12.2. The Kier molecular flexibility index (Phi) is 3.28. The van der Waals surface area contributed by atoms with E-state index in [1.165, 1.54) is 18.9 Å². The lowest BCUT2D eigenvalue weighted by molar-refractivity contribution is 0.393. The normalized spacial score (nSPS) is 18.2. The zero-order chi connectivity index (χ0) is 14.3. The van der Waals surface area contributed by atoms with Crippen molar-refractivity contribution >= 4 is 11.0 Å². The first-order valence-corrected chi connectivity index (χ1v) is 7.46. The van der Waals surface area contributed by atoms with Crippen molar-refractivity contribution in [2.45, 2.75) is 51.0 Å². The summed E-state index contributed by atoms with van der Waals surface area (Å²) >= 11 is 0. The SMILES string of the molecule is CC(C)n1c(C2(CN)CCCC2)nc2c(F)cccc21. The highest BCUT2D eigenvalue weighted by Gasteiger charge is 2.39. The molecule has 1 heterocycles. The summed E-state index contributed by atoms with van der Waals surface area (Å²) in [6.07, 6.45) is 4.48. The van der Waals surface area contributed by atoms with Crippen LogP contribution in [-0.2, 0) is 5.41 Å². The van der Waals surface area contributed by atoms with Gasteiger partial charge in [0.2, 0.25) is 0 Å². The number of imidazole rings is 1. The van der Waals surface area contributed by atoms with E-state index >= 15 is 0 Å². The van der Waals surface area contributed by atoms with Gasteiger partial charge in [-0.2, -0.15) is 0 Å². The summed E-state index contributed by atoms with van der Waals surface area (Å²) in [5.41, 5.74) is 7.38. The van der Waals surface area contributed by atoms with Crippen LogP contribution in [0.25, 0.3) is 11.0 Å². The van der Waals surface area contributed by atoms with Crippen LogP contribution >= 0.6 is 0 Å².